The summed E-state index contributed by atoms with van der Waals surface area (Å²) in [5.41, 5.74) is 2.63. The summed E-state index contributed by atoms with van der Waals surface area (Å²) in [4.78, 5) is 31.8. The molecule has 4 heterocycles. The van der Waals surface area contributed by atoms with Crippen LogP contribution in [0.3, 0.4) is 0 Å². The number of aliphatic hydroxyl groups excluding tert-OH is 1. The summed E-state index contributed by atoms with van der Waals surface area (Å²) < 4.78 is 14.6. The standard InChI is InChI=1S/C37H44N6O5Si/c1-25-35(49(3,4)30-13-11-29(47-2)12-14-30)33(16-19-41-24-26(17-21-44)39-40-41)48-37(25)31-22-28(42-20-18-38-23-34(42)45)10-15-32(31)43(36(37)46)27-8-6-5-7-9-27/h5-15,22,24-25,33,35,38,44H,16-21,23H2,1-4H3/t25-,33+,35-,37+/m1/s1. The molecule has 0 unspecified atom stereocenters. The predicted octanol–water partition coefficient (Wildman–Crippen LogP) is 3.74. The van der Waals surface area contributed by atoms with Gasteiger partial charge in [-0.25, -0.2) is 0 Å². The fraction of sp³-hybridized carbons (Fsp3) is 0.405. The molecule has 2 N–H and O–H groups in total. The molecule has 11 nitrogen and oxygen atoms in total. The average molecular weight is 681 g/mol. The number of piperazine rings is 1. The second-order valence-electron chi connectivity index (χ2n) is 13.8. The quantitative estimate of drug-likeness (QED) is 0.243. The zero-order valence-electron chi connectivity index (χ0n) is 28.5. The van der Waals surface area contributed by atoms with Gasteiger partial charge in [-0.05, 0) is 54.4 Å². The van der Waals surface area contributed by atoms with Crippen molar-refractivity contribution in [2.75, 3.05) is 43.2 Å². The topological polar surface area (TPSA) is 122 Å². The maximum atomic E-state index is 15.2. The first kappa shape index (κ1) is 33.1. The van der Waals surface area contributed by atoms with Gasteiger partial charge in [0.1, 0.15) is 5.75 Å². The lowest BCUT2D eigenvalue weighted by Crippen LogP contribution is -2.51. The van der Waals surface area contributed by atoms with E-state index in [4.69, 9.17) is 9.47 Å². The minimum absolute atomic E-state index is 0.00192. The van der Waals surface area contributed by atoms with Gasteiger partial charge in [-0.1, -0.05) is 60.7 Å². The fourth-order valence-electron chi connectivity index (χ4n) is 8.31. The highest BCUT2D eigenvalue weighted by Gasteiger charge is 2.66. The van der Waals surface area contributed by atoms with Crippen LogP contribution in [0.15, 0.2) is 79.0 Å². The highest BCUT2D eigenvalue weighted by atomic mass is 28.3. The number of aliphatic hydroxyl groups is 1. The highest BCUT2D eigenvalue weighted by molar-refractivity contribution is 6.91. The van der Waals surface area contributed by atoms with Crippen molar-refractivity contribution in [3.05, 3.63) is 90.3 Å². The lowest BCUT2D eigenvalue weighted by Gasteiger charge is -2.37. The van der Waals surface area contributed by atoms with Crippen molar-refractivity contribution in [2.24, 2.45) is 5.92 Å². The van der Waals surface area contributed by atoms with E-state index in [2.05, 4.69) is 47.8 Å². The molecule has 1 aromatic heterocycles. The minimum Gasteiger partial charge on any atom is -0.497 e. The molecule has 3 aliphatic rings. The molecule has 4 aromatic rings. The number of benzene rings is 3. The van der Waals surface area contributed by atoms with Crippen molar-refractivity contribution in [1.82, 2.24) is 20.3 Å². The van der Waals surface area contributed by atoms with Gasteiger partial charge in [0.2, 0.25) is 5.91 Å². The van der Waals surface area contributed by atoms with Crippen LogP contribution in [0.25, 0.3) is 0 Å². The number of para-hydroxylation sites is 1. The average Bonchev–Trinajstić information content (AvgIpc) is 3.77. The fourth-order valence-corrected chi connectivity index (χ4v) is 12.4. The van der Waals surface area contributed by atoms with E-state index < -0.39 is 13.7 Å². The number of fused-ring (bicyclic) bond motifs is 2. The van der Waals surface area contributed by atoms with Crippen LogP contribution in [-0.2, 0) is 32.9 Å². The molecule has 2 fully saturated rings. The van der Waals surface area contributed by atoms with Crippen molar-refractivity contribution in [2.45, 2.75) is 56.7 Å². The third-order valence-corrected chi connectivity index (χ3v) is 15.1. The molecule has 3 aliphatic heterocycles. The Morgan fingerprint density at radius 2 is 1.84 bits per heavy atom. The van der Waals surface area contributed by atoms with Crippen LogP contribution in [0.4, 0.5) is 17.1 Å². The van der Waals surface area contributed by atoms with Crippen LogP contribution in [0, 0.1) is 5.92 Å². The molecule has 0 bridgehead atoms. The third-order valence-electron chi connectivity index (χ3n) is 10.7. The molecule has 0 saturated carbocycles. The minimum atomic E-state index is -2.36. The van der Waals surface area contributed by atoms with Crippen LogP contribution in [0.2, 0.25) is 18.6 Å². The molecule has 2 saturated heterocycles. The predicted molar refractivity (Wildman–Crippen MR) is 190 cm³/mol. The van der Waals surface area contributed by atoms with E-state index in [1.165, 1.54) is 5.19 Å². The van der Waals surface area contributed by atoms with E-state index >= 15 is 4.79 Å². The molecular formula is C37H44N6O5Si. The molecule has 49 heavy (non-hydrogen) atoms. The number of nitrogens with zero attached hydrogens (tertiary/aromatic N) is 5. The van der Waals surface area contributed by atoms with Crippen LogP contribution >= 0.6 is 0 Å². The monoisotopic (exact) mass is 680 g/mol. The summed E-state index contributed by atoms with van der Waals surface area (Å²) in [6, 6.07) is 24.0. The molecule has 1 spiro atoms. The molecule has 4 atom stereocenters. The maximum absolute atomic E-state index is 15.2. The zero-order chi connectivity index (χ0) is 34.3. The highest BCUT2D eigenvalue weighted by Crippen LogP contribution is 2.61. The number of carbonyl (C=O) groups is 2. The number of aromatic nitrogens is 3. The van der Waals surface area contributed by atoms with Crippen molar-refractivity contribution >= 4 is 42.1 Å². The van der Waals surface area contributed by atoms with Gasteiger partial charge in [0.25, 0.3) is 5.91 Å². The summed E-state index contributed by atoms with van der Waals surface area (Å²) in [5, 5.41) is 22.4. The first-order valence-corrected chi connectivity index (χ1v) is 20.1. The summed E-state index contributed by atoms with van der Waals surface area (Å²) in [6.45, 7) is 9.00. The lowest BCUT2D eigenvalue weighted by molar-refractivity contribution is -0.145. The van der Waals surface area contributed by atoms with Gasteiger partial charge in [-0.15, -0.1) is 5.10 Å². The number of hydrogen-bond donors (Lipinski definition) is 2. The molecule has 2 amide bonds. The van der Waals surface area contributed by atoms with Crippen molar-refractivity contribution in [3.8, 4) is 5.75 Å². The Morgan fingerprint density at radius 1 is 1.06 bits per heavy atom. The van der Waals surface area contributed by atoms with Crippen LogP contribution < -0.4 is 25.0 Å². The lowest BCUT2D eigenvalue weighted by atomic mass is 9.82. The van der Waals surface area contributed by atoms with E-state index in [-0.39, 0.29) is 42.5 Å². The number of aryl methyl sites for hydroxylation is 1. The Balaban J connectivity index is 1.35. The van der Waals surface area contributed by atoms with Crippen molar-refractivity contribution in [3.63, 3.8) is 0 Å². The molecule has 7 rings (SSSR count). The van der Waals surface area contributed by atoms with Crippen molar-refractivity contribution in [1.29, 1.82) is 0 Å². The maximum Gasteiger partial charge on any atom is 0.268 e. The molecule has 12 heteroatoms. The van der Waals surface area contributed by atoms with E-state index in [0.717, 1.165) is 34.1 Å². The smallest absolute Gasteiger partial charge is 0.268 e. The van der Waals surface area contributed by atoms with Gasteiger partial charge in [0.15, 0.2) is 5.60 Å². The first-order chi connectivity index (χ1) is 23.7. The Bertz CT molecular complexity index is 1830. The Labute approximate surface area is 287 Å². The number of carbonyl (C=O) groups excluding carboxylic acids is 2. The summed E-state index contributed by atoms with van der Waals surface area (Å²) >= 11 is 0. The van der Waals surface area contributed by atoms with Gasteiger partial charge in [0.05, 0.1) is 39.2 Å². The number of rotatable bonds is 10. The summed E-state index contributed by atoms with van der Waals surface area (Å²) in [6.07, 6.45) is 2.66. The van der Waals surface area contributed by atoms with E-state index in [1.54, 1.807) is 21.6 Å². The number of amides is 2. The second-order valence-corrected chi connectivity index (χ2v) is 18.5. The number of hydrogen-bond acceptors (Lipinski definition) is 8. The van der Waals surface area contributed by atoms with Gasteiger partial charge >= 0.3 is 0 Å². The molecule has 0 aliphatic carbocycles. The van der Waals surface area contributed by atoms with Crippen LogP contribution in [-0.4, -0.2) is 79.4 Å². The number of methoxy groups -OCH3 is 1. The van der Waals surface area contributed by atoms with E-state index in [1.807, 2.05) is 66.9 Å². The normalized spacial score (nSPS) is 23.8. The molecule has 256 valence electrons. The van der Waals surface area contributed by atoms with Gasteiger partial charge in [0, 0.05) is 61.7 Å². The molecular weight excluding hydrogens is 637 g/mol. The largest absolute Gasteiger partial charge is 0.497 e. The van der Waals surface area contributed by atoms with Crippen LogP contribution in [0.1, 0.15) is 24.6 Å². The Hall–Kier alpha value is -4.36. The van der Waals surface area contributed by atoms with E-state index in [0.29, 0.717) is 32.5 Å². The molecule has 3 aromatic carbocycles. The Kier molecular flexibility index (Phi) is 8.90. The van der Waals surface area contributed by atoms with Gasteiger partial charge in [-0.2, -0.15) is 0 Å². The van der Waals surface area contributed by atoms with Gasteiger partial charge in [-0.3, -0.25) is 19.2 Å². The van der Waals surface area contributed by atoms with Crippen LogP contribution in [0.5, 0.6) is 5.75 Å². The number of anilines is 3. The second kappa shape index (κ2) is 13.2. The van der Waals surface area contributed by atoms with Crippen molar-refractivity contribution < 1.29 is 24.2 Å². The third kappa shape index (κ3) is 5.66. The first-order valence-electron chi connectivity index (χ1n) is 17.1. The summed E-state index contributed by atoms with van der Waals surface area (Å²) in [5.74, 6) is 0.497. The molecule has 0 radical (unpaired) electrons. The SMILES string of the molecule is COc1ccc([Si](C)(C)[C@H]2[C@H](CCn3cc(CCO)nn3)O[C@@]3(C(=O)N(c4ccccc4)c4ccc(N5CCNCC5=O)cc43)[C@@H]2C)cc1. The number of nitrogens with one attached hydrogen (secondary N) is 1. The van der Waals surface area contributed by atoms with E-state index in [9.17, 15) is 9.90 Å². The number of ether oxygens (including phenoxy) is 2. The Morgan fingerprint density at radius 3 is 2.55 bits per heavy atom. The van der Waals surface area contributed by atoms with Gasteiger partial charge < -0.3 is 24.8 Å². The zero-order valence-corrected chi connectivity index (χ0v) is 29.5. The summed E-state index contributed by atoms with van der Waals surface area (Å²) in [7, 11) is -0.688.